The first kappa shape index (κ1) is 18.5. The van der Waals surface area contributed by atoms with Gasteiger partial charge < -0.3 is 15.0 Å². The molecule has 1 N–H and O–H groups in total. The fraction of sp³-hybridized carbons (Fsp3) is 0.214. The number of methoxy groups -OCH3 is 1. The highest BCUT2D eigenvalue weighted by molar-refractivity contribution is 6.06. The molecule has 1 aromatic heterocycles. The minimum Gasteiger partial charge on any atom is -0.467 e. The lowest BCUT2D eigenvalue weighted by Crippen LogP contribution is -2.19. The van der Waals surface area contributed by atoms with Gasteiger partial charge in [0.25, 0.3) is 17.3 Å². The van der Waals surface area contributed by atoms with Crippen LogP contribution in [0.1, 0.15) is 10.4 Å². The molecule has 2 rings (SSSR count). The van der Waals surface area contributed by atoms with Crippen LogP contribution in [0.2, 0.25) is 0 Å². The van der Waals surface area contributed by atoms with Gasteiger partial charge in [-0.3, -0.25) is 25.0 Å². The molecule has 0 bridgehead atoms. The summed E-state index contributed by atoms with van der Waals surface area (Å²) in [5.74, 6) is -0.459. The molecule has 0 aliphatic rings. The van der Waals surface area contributed by atoms with Crippen LogP contribution < -0.4 is 15.0 Å². The van der Waals surface area contributed by atoms with Crippen LogP contribution in [0.5, 0.6) is 6.01 Å². The van der Waals surface area contributed by atoms with Crippen molar-refractivity contribution in [3.8, 4) is 6.01 Å². The van der Waals surface area contributed by atoms with Gasteiger partial charge in [0.05, 0.1) is 34.8 Å². The Labute approximate surface area is 146 Å². The van der Waals surface area contributed by atoms with Crippen LogP contribution in [0, 0.1) is 20.2 Å². The van der Waals surface area contributed by atoms with E-state index in [9.17, 15) is 25.0 Å². The number of rotatable bonds is 6. The third-order valence-electron chi connectivity index (χ3n) is 3.19. The van der Waals surface area contributed by atoms with Crippen molar-refractivity contribution in [1.29, 1.82) is 0 Å². The van der Waals surface area contributed by atoms with Gasteiger partial charge in [-0.05, 0) is 0 Å². The first-order chi connectivity index (χ1) is 12.2. The highest BCUT2D eigenvalue weighted by atomic mass is 16.6. The van der Waals surface area contributed by atoms with Crippen LogP contribution in [-0.4, -0.2) is 46.9 Å². The maximum Gasteiger partial charge on any atom is 0.318 e. The number of nitro benzene ring substituents is 2. The maximum atomic E-state index is 12.4. The van der Waals surface area contributed by atoms with Crippen molar-refractivity contribution < 1.29 is 19.4 Å². The molecule has 0 spiro atoms. The van der Waals surface area contributed by atoms with Gasteiger partial charge in [-0.25, -0.2) is 4.98 Å². The number of anilines is 2. The van der Waals surface area contributed by atoms with Crippen molar-refractivity contribution in [3.63, 3.8) is 0 Å². The van der Waals surface area contributed by atoms with E-state index in [0.29, 0.717) is 5.82 Å². The van der Waals surface area contributed by atoms with E-state index >= 15 is 0 Å². The average molecular weight is 362 g/mol. The second kappa shape index (κ2) is 7.38. The van der Waals surface area contributed by atoms with E-state index in [1.54, 1.807) is 19.0 Å². The molecular formula is C14H14N6O6. The number of benzene rings is 1. The molecule has 1 aromatic carbocycles. The second-order valence-corrected chi connectivity index (χ2v) is 5.19. The van der Waals surface area contributed by atoms with E-state index < -0.39 is 27.1 Å². The Bertz CT molecular complexity index is 852. The van der Waals surface area contributed by atoms with Gasteiger partial charge in [-0.15, -0.1) is 0 Å². The monoisotopic (exact) mass is 362 g/mol. The summed E-state index contributed by atoms with van der Waals surface area (Å²) in [7, 11) is 4.74. The van der Waals surface area contributed by atoms with E-state index in [1.807, 2.05) is 0 Å². The number of amides is 1. The van der Waals surface area contributed by atoms with Crippen molar-refractivity contribution in [2.24, 2.45) is 0 Å². The van der Waals surface area contributed by atoms with Gasteiger partial charge in [-0.2, -0.15) is 4.98 Å². The first-order valence-electron chi connectivity index (χ1n) is 7.06. The van der Waals surface area contributed by atoms with Gasteiger partial charge in [0, 0.05) is 26.2 Å². The Morgan fingerprint density at radius 3 is 2.19 bits per heavy atom. The van der Waals surface area contributed by atoms with Crippen LogP contribution in [0.25, 0.3) is 0 Å². The fourth-order valence-electron chi connectivity index (χ4n) is 2.02. The lowest BCUT2D eigenvalue weighted by Gasteiger charge is -2.16. The third kappa shape index (κ3) is 3.98. The van der Waals surface area contributed by atoms with Gasteiger partial charge in [-0.1, -0.05) is 0 Å². The van der Waals surface area contributed by atoms with Gasteiger partial charge >= 0.3 is 6.01 Å². The molecule has 2 aromatic rings. The largest absolute Gasteiger partial charge is 0.467 e. The topological polar surface area (TPSA) is 154 Å². The third-order valence-corrected chi connectivity index (χ3v) is 3.19. The van der Waals surface area contributed by atoms with Crippen molar-refractivity contribution in [3.05, 3.63) is 50.2 Å². The van der Waals surface area contributed by atoms with Crippen LogP contribution in [0.3, 0.4) is 0 Å². The number of nitrogens with zero attached hydrogens (tertiary/aromatic N) is 5. The number of nitro groups is 2. The summed E-state index contributed by atoms with van der Waals surface area (Å²) in [4.78, 5) is 42.2. The summed E-state index contributed by atoms with van der Waals surface area (Å²) in [5.41, 5.74) is -1.17. The maximum absolute atomic E-state index is 12.4. The predicted octanol–water partition coefficient (Wildman–Crippen LogP) is 1.62. The number of carbonyl (C=O) groups is 1. The number of aromatic nitrogens is 2. The molecule has 0 fully saturated rings. The first-order valence-corrected chi connectivity index (χ1v) is 7.06. The number of hydrogen-bond acceptors (Lipinski definition) is 9. The van der Waals surface area contributed by atoms with E-state index in [0.717, 1.165) is 18.2 Å². The molecule has 1 heterocycles. The Balaban J connectivity index is 2.42. The van der Waals surface area contributed by atoms with Crippen molar-refractivity contribution in [2.45, 2.75) is 0 Å². The van der Waals surface area contributed by atoms with Crippen LogP contribution >= 0.6 is 0 Å². The van der Waals surface area contributed by atoms with Crippen molar-refractivity contribution >= 4 is 28.8 Å². The second-order valence-electron chi connectivity index (χ2n) is 5.19. The molecule has 12 heteroatoms. The minimum absolute atomic E-state index is 0.0812. The molecule has 0 atom stereocenters. The summed E-state index contributed by atoms with van der Waals surface area (Å²) in [6.07, 6.45) is 1.30. The van der Waals surface area contributed by atoms with Gasteiger partial charge in [0.2, 0.25) is 0 Å². The Kier molecular flexibility index (Phi) is 5.25. The zero-order valence-corrected chi connectivity index (χ0v) is 14.0. The molecule has 0 aliphatic carbocycles. The summed E-state index contributed by atoms with van der Waals surface area (Å²) in [5, 5.41) is 24.4. The standard InChI is InChI=1S/C14H14N6O6/c1-18(2)12-11(7-15-14(17-12)26-3)16-13(21)8-4-9(19(22)23)6-10(5-8)20(24)25/h4-7H,1-3H3,(H,16,21). The molecular weight excluding hydrogens is 348 g/mol. The molecule has 12 nitrogen and oxygen atoms in total. The lowest BCUT2D eigenvalue weighted by atomic mass is 10.1. The molecule has 1 amide bonds. The van der Waals surface area contributed by atoms with E-state index in [-0.39, 0.29) is 17.3 Å². The summed E-state index contributed by atoms with van der Waals surface area (Å²) < 4.78 is 4.92. The lowest BCUT2D eigenvalue weighted by molar-refractivity contribution is -0.394. The van der Waals surface area contributed by atoms with E-state index in [2.05, 4.69) is 15.3 Å². The van der Waals surface area contributed by atoms with Crippen molar-refractivity contribution in [1.82, 2.24) is 9.97 Å². The molecule has 0 aliphatic heterocycles. The number of non-ortho nitro benzene ring substituents is 2. The van der Waals surface area contributed by atoms with Crippen LogP contribution in [0.4, 0.5) is 22.9 Å². The smallest absolute Gasteiger partial charge is 0.318 e. The molecule has 0 saturated heterocycles. The molecule has 0 saturated carbocycles. The average Bonchev–Trinajstić information content (AvgIpc) is 2.61. The summed E-state index contributed by atoms with van der Waals surface area (Å²) in [6, 6.07) is 2.75. The van der Waals surface area contributed by atoms with Gasteiger partial charge in [0.15, 0.2) is 5.82 Å². The molecule has 0 radical (unpaired) electrons. The van der Waals surface area contributed by atoms with Gasteiger partial charge in [0.1, 0.15) is 5.69 Å². The summed E-state index contributed by atoms with van der Waals surface area (Å²) >= 11 is 0. The molecule has 26 heavy (non-hydrogen) atoms. The highest BCUT2D eigenvalue weighted by Gasteiger charge is 2.21. The van der Waals surface area contributed by atoms with E-state index in [1.165, 1.54) is 13.3 Å². The van der Waals surface area contributed by atoms with Crippen LogP contribution in [-0.2, 0) is 0 Å². The number of hydrogen-bond donors (Lipinski definition) is 1. The summed E-state index contributed by atoms with van der Waals surface area (Å²) in [6.45, 7) is 0. The number of nitrogens with one attached hydrogen (secondary N) is 1. The SMILES string of the molecule is COc1ncc(NC(=O)c2cc([N+](=O)[O-])cc([N+](=O)[O-])c2)c(N(C)C)n1. The molecule has 0 unspecified atom stereocenters. The predicted molar refractivity (Wildman–Crippen MR) is 90.6 cm³/mol. The number of carbonyl (C=O) groups excluding carboxylic acids is 1. The Morgan fingerprint density at radius 1 is 1.15 bits per heavy atom. The highest BCUT2D eigenvalue weighted by Crippen LogP contribution is 2.26. The van der Waals surface area contributed by atoms with Crippen molar-refractivity contribution in [2.75, 3.05) is 31.4 Å². The Hall–Kier alpha value is -3.83. The minimum atomic E-state index is -0.814. The molecule has 136 valence electrons. The fourth-order valence-corrected chi connectivity index (χ4v) is 2.02. The zero-order valence-electron chi connectivity index (χ0n) is 14.0. The Morgan fingerprint density at radius 2 is 1.73 bits per heavy atom. The normalized spacial score (nSPS) is 10.1. The van der Waals surface area contributed by atoms with Crippen LogP contribution in [0.15, 0.2) is 24.4 Å². The quantitative estimate of drug-likeness (QED) is 0.596. The number of ether oxygens (including phenoxy) is 1. The van der Waals surface area contributed by atoms with E-state index in [4.69, 9.17) is 4.74 Å². The zero-order chi connectivity index (χ0) is 19.4.